The second-order valence-corrected chi connectivity index (χ2v) is 8.00. The summed E-state index contributed by atoms with van der Waals surface area (Å²) in [6.07, 6.45) is -3.15. The number of pyridine rings is 1. The molecule has 1 atom stereocenters. The molecule has 1 aliphatic heterocycles. The van der Waals surface area contributed by atoms with Crippen molar-refractivity contribution in [2.45, 2.75) is 51.2 Å². The van der Waals surface area contributed by atoms with Crippen LogP contribution in [0.4, 0.5) is 19.0 Å². The molecule has 3 rings (SSSR count). The minimum Gasteiger partial charge on any atom is -0.361 e. The Morgan fingerprint density at radius 1 is 1.33 bits per heavy atom. The van der Waals surface area contributed by atoms with Crippen LogP contribution in [0.1, 0.15) is 44.2 Å². The maximum Gasteiger partial charge on any atom is 0.417 e. The molecular weight excluding hydrogens is 383 g/mol. The second kappa shape index (κ2) is 6.82. The zero-order valence-corrected chi connectivity index (χ0v) is 15.9. The molecule has 1 fully saturated rings. The summed E-state index contributed by atoms with van der Waals surface area (Å²) in [5, 5.41) is 3.86. The smallest absolute Gasteiger partial charge is 0.361 e. The van der Waals surface area contributed by atoms with Crippen LogP contribution < -0.4 is 4.90 Å². The molecule has 5 nitrogen and oxygen atoms in total. The van der Waals surface area contributed by atoms with Gasteiger partial charge in [-0.2, -0.15) is 13.2 Å². The molecule has 27 heavy (non-hydrogen) atoms. The van der Waals surface area contributed by atoms with E-state index in [1.165, 1.54) is 0 Å². The number of aromatic nitrogens is 2. The highest BCUT2D eigenvalue weighted by atomic mass is 35.5. The van der Waals surface area contributed by atoms with Crippen molar-refractivity contribution in [3.05, 3.63) is 40.4 Å². The topological polar surface area (TPSA) is 59.2 Å². The molecule has 0 unspecified atom stereocenters. The van der Waals surface area contributed by atoms with Crippen molar-refractivity contribution in [2.24, 2.45) is 0 Å². The van der Waals surface area contributed by atoms with Crippen LogP contribution in [0.2, 0.25) is 5.02 Å². The van der Waals surface area contributed by atoms with E-state index in [9.17, 15) is 18.0 Å². The lowest BCUT2D eigenvalue weighted by molar-refractivity contribution is -0.137. The molecule has 0 bridgehead atoms. The maximum absolute atomic E-state index is 12.7. The van der Waals surface area contributed by atoms with Gasteiger partial charge in [-0.05, 0) is 12.5 Å². The number of rotatable bonds is 4. The molecular formula is C18H19ClF3N3O2. The summed E-state index contributed by atoms with van der Waals surface area (Å²) in [6, 6.07) is 2.09. The minimum absolute atomic E-state index is 0.0580. The Hall–Kier alpha value is -2.09. The normalized spacial score (nSPS) is 17.7. The van der Waals surface area contributed by atoms with Crippen LogP contribution in [0.15, 0.2) is 22.9 Å². The van der Waals surface area contributed by atoms with E-state index in [0.717, 1.165) is 18.0 Å². The van der Waals surface area contributed by atoms with Crippen LogP contribution >= 0.6 is 11.6 Å². The average Bonchev–Trinajstić information content (AvgIpc) is 2.95. The van der Waals surface area contributed by atoms with Crippen LogP contribution in [0.25, 0.3) is 0 Å². The van der Waals surface area contributed by atoms with Crippen molar-refractivity contribution in [3.8, 4) is 0 Å². The summed E-state index contributed by atoms with van der Waals surface area (Å²) in [4.78, 5) is 18.0. The van der Waals surface area contributed by atoms with E-state index >= 15 is 0 Å². The van der Waals surface area contributed by atoms with Crippen molar-refractivity contribution in [1.82, 2.24) is 10.1 Å². The van der Waals surface area contributed by atoms with E-state index in [1.807, 2.05) is 20.8 Å². The second-order valence-electron chi connectivity index (χ2n) is 7.60. The number of ketones is 1. The number of alkyl halides is 3. The Balaban J connectivity index is 1.72. The third kappa shape index (κ3) is 4.10. The molecule has 9 heteroatoms. The highest BCUT2D eigenvalue weighted by Crippen LogP contribution is 2.36. The summed E-state index contributed by atoms with van der Waals surface area (Å²) in [5.41, 5.74) is -0.357. The Morgan fingerprint density at radius 2 is 2.04 bits per heavy atom. The first-order valence-corrected chi connectivity index (χ1v) is 8.83. The van der Waals surface area contributed by atoms with E-state index in [4.69, 9.17) is 16.1 Å². The van der Waals surface area contributed by atoms with Crippen LogP contribution in [-0.4, -0.2) is 28.5 Å². The summed E-state index contributed by atoms with van der Waals surface area (Å²) >= 11 is 5.98. The zero-order valence-electron chi connectivity index (χ0n) is 15.1. The number of nitrogens with zero attached hydrogens (tertiary/aromatic N) is 3. The van der Waals surface area contributed by atoms with Crippen molar-refractivity contribution < 1.29 is 22.5 Å². The lowest BCUT2D eigenvalue weighted by Gasteiger charge is -2.41. The number of halogens is 4. The first kappa shape index (κ1) is 19.7. The van der Waals surface area contributed by atoms with Gasteiger partial charge in [0, 0.05) is 24.2 Å². The van der Waals surface area contributed by atoms with Crippen molar-refractivity contribution in [1.29, 1.82) is 0 Å². The molecule has 2 aromatic heterocycles. The molecule has 0 amide bonds. The Labute approximate surface area is 159 Å². The molecule has 1 aliphatic rings. The van der Waals surface area contributed by atoms with Gasteiger partial charge in [0.05, 0.1) is 28.7 Å². The van der Waals surface area contributed by atoms with E-state index in [1.54, 1.807) is 11.0 Å². The van der Waals surface area contributed by atoms with Gasteiger partial charge in [0.25, 0.3) is 0 Å². The minimum atomic E-state index is -4.52. The van der Waals surface area contributed by atoms with E-state index in [0.29, 0.717) is 18.7 Å². The first-order valence-electron chi connectivity index (χ1n) is 8.45. The first-order chi connectivity index (χ1) is 12.5. The van der Waals surface area contributed by atoms with Gasteiger partial charge in [-0.1, -0.05) is 37.5 Å². The molecule has 146 valence electrons. The Morgan fingerprint density at radius 3 is 2.52 bits per heavy atom. The van der Waals surface area contributed by atoms with Crippen molar-refractivity contribution in [2.75, 3.05) is 11.4 Å². The Kier molecular flexibility index (Phi) is 4.96. The SMILES string of the molecule is CC(C)(C)c1cc(CC(=O)[C@@H]2CCN2c2ncc(C(F)(F)F)cc2Cl)on1. The van der Waals surface area contributed by atoms with Crippen LogP contribution in [0.3, 0.4) is 0 Å². The van der Waals surface area contributed by atoms with Crippen LogP contribution in [0, 0.1) is 0 Å². The van der Waals surface area contributed by atoms with Crippen LogP contribution in [-0.2, 0) is 22.8 Å². The van der Waals surface area contributed by atoms with Crippen molar-refractivity contribution >= 4 is 23.2 Å². The predicted octanol–water partition coefficient (Wildman–Crippen LogP) is 4.43. The van der Waals surface area contributed by atoms with Gasteiger partial charge in [0.1, 0.15) is 11.6 Å². The fraction of sp³-hybridized carbons (Fsp3) is 0.500. The van der Waals surface area contributed by atoms with Gasteiger partial charge in [0.15, 0.2) is 5.78 Å². The number of hydrogen-bond acceptors (Lipinski definition) is 5. The van der Waals surface area contributed by atoms with Crippen LogP contribution in [0.5, 0.6) is 0 Å². The van der Waals surface area contributed by atoms with Gasteiger partial charge >= 0.3 is 6.18 Å². The lowest BCUT2D eigenvalue weighted by Crippen LogP contribution is -2.53. The van der Waals surface area contributed by atoms with E-state index < -0.39 is 17.8 Å². The molecule has 0 saturated carbocycles. The summed E-state index contributed by atoms with van der Waals surface area (Å²) in [6.45, 7) is 6.46. The summed E-state index contributed by atoms with van der Waals surface area (Å²) < 4.78 is 43.5. The fourth-order valence-corrected chi connectivity index (χ4v) is 3.09. The molecule has 3 heterocycles. The number of carbonyl (C=O) groups excluding carboxylic acids is 1. The average molecular weight is 402 g/mol. The quantitative estimate of drug-likeness (QED) is 0.758. The standard InChI is InChI=1S/C18H19ClF3N3O2/c1-17(2,3)15-8-11(27-24-15)7-14(26)13-4-5-25(13)16-12(19)6-10(9-23-16)18(20,21)22/h6,8-9,13H,4-5,7H2,1-3H3/t13-/m0/s1. The van der Waals surface area contributed by atoms with E-state index in [-0.39, 0.29) is 28.5 Å². The summed E-state index contributed by atoms with van der Waals surface area (Å²) in [5.74, 6) is 0.529. The molecule has 2 aromatic rings. The molecule has 0 radical (unpaired) electrons. The number of hydrogen-bond donors (Lipinski definition) is 0. The molecule has 0 spiro atoms. The van der Waals surface area contributed by atoms with E-state index in [2.05, 4.69) is 10.1 Å². The monoisotopic (exact) mass is 401 g/mol. The molecule has 0 aromatic carbocycles. The number of Topliss-reactive ketones (excluding diaryl/α,β-unsaturated/α-hetero) is 1. The highest BCUT2D eigenvalue weighted by molar-refractivity contribution is 6.33. The molecule has 0 N–H and O–H groups in total. The third-order valence-corrected chi connectivity index (χ3v) is 4.77. The predicted molar refractivity (Wildman–Crippen MR) is 93.9 cm³/mol. The zero-order chi connectivity index (χ0) is 20.0. The van der Waals surface area contributed by atoms with Gasteiger partial charge in [-0.3, -0.25) is 4.79 Å². The third-order valence-electron chi connectivity index (χ3n) is 4.49. The fourth-order valence-electron chi connectivity index (χ4n) is 2.81. The largest absolute Gasteiger partial charge is 0.417 e. The molecule has 1 saturated heterocycles. The Bertz CT molecular complexity index is 858. The summed E-state index contributed by atoms with van der Waals surface area (Å²) in [7, 11) is 0. The van der Waals surface area contributed by atoms with Crippen molar-refractivity contribution in [3.63, 3.8) is 0 Å². The van der Waals surface area contributed by atoms with Gasteiger partial charge < -0.3 is 9.42 Å². The lowest BCUT2D eigenvalue weighted by atomic mass is 9.91. The molecule has 0 aliphatic carbocycles. The van der Waals surface area contributed by atoms with Gasteiger partial charge in [0.2, 0.25) is 0 Å². The van der Waals surface area contributed by atoms with Gasteiger partial charge in [-0.25, -0.2) is 4.98 Å². The number of carbonyl (C=O) groups is 1. The van der Waals surface area contributed by atoms with Gasteiger partial charge in [-0.15, -0.1) is 0 Å². The maximum atomic E-state index is 12.7. The highest BCUT2D eigenvalue weighted by Gasteiger charge is 2.38. The number of anilines is 1.